The quantitative estimate of drug-likeness (QED) is 0.311. The Bertz CT molecular complexity index is 2020. The number of hydrogen-bond acceptors (Lipinski definition) is 10. The van der Waals surface area contributed by atoms with E-state index in [4.69, 9.17) is 14.2 Å². The van der Waals surface area contributed by atoms with E-state index in [1.54, 1.807) is 46.8 Å². The summed E-state index contributed by atoms with van der Waals surface area (Å²) in [6.45, 7) is 12.5. The molecule has 0 spiro atoms. The number of aromatic nitrogens is 1. The number of rotatable bonds is 8. The van der Waals surface area contributed by atoms with Gasteiger partial charge in [0.25, 0.3) is 5.91 Å². The average molecular weight is 800 g/mol. The summed E-state index contributed by atoms with van der Waals surface area (Å²) in [5, 5.41) is 6.60. The van der Waals surface area contributed by atoms with E-state index in [1.807, 2.05) is 19.1 Å². The van der Waals surface area contributed by atoms with Crippen molar-refractivity contribution in [2.75, 3.05) is 13.2 Å². The molecule has 16 heteroatoms. The zero-order chi connectivity index (χ0) is 40.8. The Morgan fingerprint density at radius 1 is 1.14 bits per heavy atom. The van der Waals surface area contributed by atoms with Gasteiger partial charge in [-0.15, -0.1) is 0 Å². The molecule has 3 heterocycles. The van der Waals surface area contributed by atoms with Crippen molar-refractivity contribution in [2.24, 2.45) is 17.8 Å². The maximum Gasteiger partial charge on any atom is 0.408 e. The van der Waals surface area contributed by atoms with Gasteiger partial charge in [-0.05, 0) is 109 Å². The molecule has 3 N–H and O–H groups in total. The lowest BCUT2D eigenvalue weighted by Gasteiger charge is -2.33. The van der Waals surface area contributed by atoms with Gasteiger partial charge in [0.2, 0.25) is 27.7 Å². The van der Waals surface area contributed by atoms with Gasteiger partial charge in [0, 0.05) is 23.9 Å². The minimum absolute atomic E-state index is 0.0479. The normalized spacial score (nSPS) is 29.8. The smallest absolute Gasteiger partial charge is 0.408 e. The fourth-order valence-electron chi connectivity index (χ4n) is 7.70. The predicted molar refractivity (Wildman–Crippen MR) is 206 cm³/mol. The number of halogens is 1. The van der Waals surface area contributed by atoms with Crippen LogP contribution in [-0.2, 0) is 29.1 Å². The topological polar surface area (TPSA) is 182 Å². The molecule has 1 saturated heterocycles. The second-order valence-corrected chi connectivity index (χ2v) is 19.3. The second-order valence-electron chi connectivity index (χ2n) is 17.1. The molecule has 306 valence electrons. The van der Waals surface area contributed by atoms with E-state index in [0.717, 1.165) is 6.42 Å². The highest BCUT2D eigenvalue weighted by Crippen LogP contribution is 2.47. The van der Waals surface area contributed by atoms with E-state index in [9.17, 15) is 27.6 Å². The standard InChI is InChI=1S/C40H54FN5O9S/c1-8-53-31-18-25-13-16-42-34(28(25)20-29(31)41)54-27-19-30-33(47)44-40(36(49)45-56(51,52)39(7)14-15-39)21-26(40)12-10-9-11-23(2)17-24(3)32(35(48)46(30)22-27)43-37(50)55-38(4,5)6/h10,12-13,16,18,20,23-24,26-27,30,32H,8-9,11,14-15,17,19,21-22H2,1-7H3,(H,43,50)(H,44,47)(H,45,49)/b12-10-/t23-,24-,26?,27-,30+,32+,40-/m1/s1. The van der Waals surface area contributed by atoms with Crippen molar-refractivity contribution >= 4 is 44.6 Å². The summed E-state index contributed by atoms with van der Waals surface area (Å²) >= 11 is 0. The number of alkyl carbamates (subject to hydrolysis) is 1. The third-order valence-electron chi connectivity index (χ3n) is 11.3. The van der Waals surface area contributed by atoms with Crippen molar-refractivity contribution < 1.29 is 46.2 Å². The van der Waals surface area contributed by atoms with Crippen LogP contribution < -0.4 is 24.8 Å². The summed E-state index contributed by atoms with van der Waals surface area (Å²) < 4.78 is 59.9. The number of sulfonamides is 1. The number of nitrogens with one attached hydrogen (secondary N) is 3. The van der Waals surface area contributed by atoms with Crippen molar-refractivity contribution in [3.63, 3.8) is 0 Å². The molecular formula is C40H54FN5O9S. The molecular weight excluding hydrogens is 746 g/mol. The Morgan fingerprint density at radius 2 is 1.88 bits per heavy atom. The fourth-order valence-corrected chi connectivity index (χ4v) is 9.01. The van der Waals surface area contributed by atoms with Gasteiger partial charge in [-0.3, -0.25) is 19.1 Å². The molecule has 1 aromatic heterocycles. The lowest BCUT2D eigenvalue weighted by atomic mass is 9.88. The van der Waals surface area contributed by atoms with Crippen LogP contribution in [0.2, 0.25) is 0 Å². The van der Waals surface area contributed by atoms with Crippen LogP contribution in [0.4, 0.5) is 9.18 Å². The molecule has 3 fully saturated rings. The highest BCUT2D eigenvalue weighted by atomic mass is 32.2. The molecule has 1 aromatic carbocycles. The van der Waals surface area contributed by atoms with Gasteiger partial charge in [-0.2, -0.15) is 0 Å². The third-order valence-corrected chi connectivity index (χ3v) is 13.4. The van der Waals surface area contributed by atoms with Gasteiger partial charge in [0.15, 0.2) is 11.6 Å². The molecule has 0 bridgehead atoms. The third kappa shape index (κ3) is 8.74. The first-order valence-corrected chi connectivity index (χ1v) is 21.0. The molecule has 2 aromatic rings. The van der Waals surface area contributed by atoms with Crippen LogP contribution >= 0.6 is 0 Å². The SMILES string of the molecule is CCOc1cc2ccnc(O[C@@H]3C[C@H]4C(=O)N[C@]5(C(=O)NS(=O)(=O)C6(C)CC6)CC5/C=C\CC[C@@H](C)C[C@@H](C)[C@H](NC(=O)OC(C)(C)C)C(=O)N4C3)c2cc1F. The molecule has 0 radical (unpaired) electrons. The Balaban J connectivity index is 1.35. The zero-order valence-electron chi connectivity index (χ0n) is 33.1. The lowest BCUT2D eigenvalue weighted by molar-refractivity contribution is -0.142. The van der Waals surface area contributed by atoms with Crippen LogP contribution in [0.5, 0.6) is 11.6 Å². The van der Waals surface area contributed by atoms with Gasteiger partial charge in [-0.1, -0.05) is 26.0 Å². The number of ether oxygens (including phenoxy) is 3. The Morgan fingerprint density at radius 3 is 2.55 bits per heavy atom. The van der Waals surface area contributed by atoms with E-state index >= 15 is 4.39 Å². The van der Waals surface area contributed by atoms with Crippen molar-refractivity contribution in [2.45, 2.75) is 127 Å². The molecule has 1 unspecified atom stereocenters. The van der Waals surface area contributed by atoms with E-state index in [0.29, 0.717) is 36.5 Å². The van der Waals surface area contributed by atoms with Crippen molar-refractivity contribution in [1.82, 2.24) is 25.2 Å². The van der Waals surface area contributed by atoms with E-state index in [1.165, 1.54) is 17.2 Å². The van der Waals surface area contributed by atoms with Gasteiger partial charge < -0.3 is 29.7 Å². The largest absolute Gasteiger partial charge is 0.491 e. The number of fused-ring (bicyclic) bond motifs is 3. The summed E-state index contributed by atoms with van der Waals surface area (Å²) in [6, 6.07) is 2.19. The molecule has 6 rings (SSSR count). The van der Waals surface area contributed by atoms with E-state index in [-0.39, 0.29) is 49.5 Å². The van der Waals surface area contributed by atoms with Crippen LogP contribution in [0.1, 0.15) is 93.4 Å². The Kier molecular flexibility index (Phi) is 11.4. The average Bonchev–Trinajstić information content (AvgIpc) is 3.98. The zero-order valence-corrected chi connectivity index (χ0v) is 34.0. The summed E-state index contributed by atoms with van der Waals surface area (Å²) in [6.07, 6.45) is 6.57. The Hall–Kier alpha value is -4.47. The van der Waals surface area contributed by atoms with Crippen LogP contribution in [0.15, 0.2) is 36.5 Å². The highest BCUT2D eigenvalue weighted by molar-refractivity contribution is 7.91. The summed E-state index contributed by atoms with van der Waals surface area (Å²) in [7, 11) is -4.03. The van der Waals surface area contributed by atoms with Crippen LogP contribution in [0.25, 0.3) is 10.8 Å². The van der Waals surface area contributed by atoms with Crippen molar-refractivity contribution in [1.29, 1.82) is 0 Å². The first-order chi connectivity index (χ1) is 26.3. The van der Waals surface area contributed by atoms with Crippen molar-refractivity contribution in [3.05, 3.63) is 42.4 Å². The fraction of sp³-hybridized carbons (Fsp3) is 0.625. The number of benzene rings is 1. The lowest BCUT2D eigenvalue weighted by Crippen LogP contribution is -2.59. The molecule has 2 aliphatic heterocycles. The van der Waals surface area contributed by atoms with E-state index < -0.39 is 79.6 Å². The van der Waals surface area contributed by atoms with Crippen LogP contribution in [-0.4, -0.2) is 89.3 Å². The molecule has 2 saturated carbocycles. The first-order valence-electron chi connectivity index (χ1n) is 19.5. The number of carbonyl (C=O) groups excluding carboxylic acids is 4. The van der Waals surface area contributed by atoms with Crippen molar-refractivity contribution in [3.8, 4) is 11.6 Å². The molecule has 4 aliphatic rings. The summed E-state index contributed by atoms with van der Waals surface area (Å²) in [5.41, 5.74) is -2.42. The first kappa shape index (κ1) is 41.2. The molecule has 4 amide bonds. The Labute approximate surface area is 327 Å². The summed E-state index contributed by atoms with van der Waals surface area (Å²) in [4.78, 5) is 62.1. The number of hydrogen-bond donors (Lipinski definition) is 3. The second kappa shape index (κ2) is 15.5. The minimum atomic E-state index is -4.03. The highest BCUT2D eigenvalue weighted by Gasteiger charge is 2.63. The summed E-state index contributed by atoms with van der Waals surface area (Å²) in [5.74, 6) is -3.27. The van der Waals surface area contributed by atoms with Gasteiger partial charge in [0.05, 0.1) is 17.9 Å². The number of pyridine rings is 1. The van der Waals surface area contributed by atoms with Gasteiger partial charge in [-0.25, -0.2) is 22.6 Å². The van der Waals surface area contributed by atoms with E-state index in [2.05, 4.69) is 27.3 Å². The van der Waals surface area contributed by atoms with Gasteiger partial charge in [0.1, 0.15) is 29.3 Å². The maximum atomic E-state index is 15.1. The monoisotopic (exact) mass is 799 g/mol. The number of allylic oxidation sites excluding steroid dienone is 1. The number of amides is 4. The number of nitrogens with zero attached hydrogens (tertiary/aromatic N) is 2. The molecule has 56 heavy (non-hydrogen) atoms. The maximum absolute atomic E-state index is 15.1. The van der Waals surface area contributed by atoms with Crippen LogP contribution in [0.3, 0.4) is 0 Å². The molecule has 7 atom stereocenters. The van der Waals surface area contributed by atoms with Gasteiger partial charge >= 0.3 is 6.09 Å². The minimum Gasteiger partial charge on any atom is -0.491 e. The number of carbonyl (C=O) groups is 4. The van der Waals surface area contributed by atoms with Crippen LogP contribution in [0, 0.1) is 23.6 Å². The molecule has 14 nitrogen and oxygen atoms in total. The molecule has 2 aliphatic carbocycles. The predicted octanol–water partition coefficient (Wildman–Crippen LogP) is 4.90.